The number of imidazole rings is 1. The van der Waals surface area contributed by atoms with Gasteiger partial charge in [0.1, 0.15) is 11.6 Å². The normalized spacial score (nSPS) is 21.6. The van der Waals surface area contributed by atoms with E-state index in [-0.39, 0.29) is 23.4 Å². The van der Waals surface area contributed by atoms with Crippen LogP contribution in [-0.2, 0) is 23.4 Å². The molecule has 0 bridgehead atoms. The Morgan fingerprint density at radius 2 is 2.30 bits per heavy atom. The van der Waals surface area contributed by atoms with Gasteiger partial charge in [-0.1, -0.05) is 0 Å². The van der Waals surface area contributed by atoms with E-state index in [1.807, 2.05) is 11.6 Å². The Hall–Kier alpha value is -1.47. The number of rotatable bonds is 3. The van der Waals surface area contributed by atoms with Crippen molar-refractivity contribution in [2.45, 2.75) is 19.0 Å². The van der Waals surface area contributed by atoms with Crippen LogP contribution in [0.1, 0.15) is 12.2 Å². The van der Waals surface area contributed by atoms with Crippen molar-refractivity contribution < 1.29 is 12.8 Å². The van der Waals surface area contributed by atoms with Crippen molar-refractivity contribution in [3.63, 3.8) is 0 Å². The van der Waals surface area contributed by atoms with Gasteiger partial charge in [0.2, 0.25) is 0 Å². The van der Waals surface area contributed by atoms with Crippen molar-refractivity contribution in [3.05, 3.63) is 29.8 Å². The molecule has 1 atom stereocenters. The summed E-state index contributed by atoms with van der Waals surface area (Å²) in [7, 11) is -1.01. The second-order valence-electron chi connectivity index (χ2n) is 5.20. The van der Waals surface area contributed by atoms with Gasteiger partial charge < -0.3 is 9.88 Å². The highest BCUT2D eigenvalue weighted by atomic mass is 32.2. The molecule has 108 valence electrons. The summed E-state index contributed by atoms with van der Waals surface area (Å²) in [6.45, 7) is 0.479. The van der Waals surface area contributed by atoms with Gasteiger partial charge in [0.15, 0.2) is 9.84 Å². The third kappa shape index (κ3) is 2.55. The Kier molecular flexibility index (Phi) is 3.25. The van der Waals surface area contributed by atoms with Gasteiger partial charge in [-0.3, -0.25) is 0 Å². The highest BCUT2D eigenvalue weighted by molar-refractivity contribution is 7.91. The average molecular weight is 297 g/mol. The van der Waals surface area contributed by atoms with Crippen LogP contribution in [0.4, 0.5) is 4.39 Å². The molecular weight excluding hydrogens is 281 g/mol. The first-order chi connectivity index (χ1) is 9.44. The van der Waals surface area contributed by atoms with E-state index in [4.69, 9.17) is 0 Å². The number of aryl methyl sites for hydroxylation is 1. The van der Waals surface area contributed by atoms with Gasteiger partial charge in [-0.05, 0) is 18.6 Å². The number of hydrogen-bond acceptors (Lipinski definition) is 4. The molecule has 7 heteroatoms. The lowest BCUT2D eigenvalue weighted by atomic mass is 10.2. The lowest BCUT2D eigenvalue weighted by Crippen LogP contribution is -2.30. The summed E-state index contributed by atoms with van der Waals surface area (Å²) in [5.41, 5.74) is 1.48. The Bertz CT molecular complexity index is 754. The van der Waals surface area contributed by atoms with E-state index < -0.39 is 9.84 Å². The number of sulfone groups is 1. The fourth-order valence-electron chi connectivity index (χ4n) is 2.57. The summed E-state index contributed by atoms with van der Waals surface area (Å²) in [4.78, 5) is 4.38. The molecule has 2 heterocycles. The van der Waals surface area contributed by atoms with Crippen LogP contribution >= 0.6 is 0 Å². The zero-order valence-electron chi connectivity index (χ0n) is 11.1. The molecule has 0 saturated carbocycles. The van der Waals surface area contributed by atoms with Gasteiger partial charge in [-0.2, -0.15) is 0 Å². The topological polar surface area (TPSA) is 64.0 Å². The number of nitrogens with zero attached hydrogens (tertiary/aromatic N) is 2. The zero-order chi connectivity index (χ0) is 14.3. The third-order valence-corrected chi connectivity index (χ3v) is 5.48. The molecule has 1 aliphatic rings. The molecule has 1 N–H and O–H groups in total. The molecule has 1 aliphatic heterocycles. The maximum Gasteiger partial charge on any atom is 0.151 e. The van der Waals surface area contributed by atoms with E-state index in [0.717, 1.165) is 11.3 Å². The van der Waals surface area contributed by atoms with Gasteiger partial charge in [-0.25, -0.2) is 17.8 Å². The number of nitrogens with one attached hydrogen (secondary N) is 1. The third-order valence-electron chi connectivity index (χ3n) is 3.72. The van der Waals surface area contributed by atoms with E-state index in [1.54, 1.807) is 6.07 Å². The molecule has 1 unspecified atom stereocenters. The van der Waals surface area contributed by atoms with E-state index in [9.17, 15) is 12.8 Å². The molecule has 1 saturated heterocycles. The maximum absolute atomic E-state index is 13.2. The fraction of sp³-hybridized carbons (Fsp3) is 0.462. The molecular formula is C13H16FN3O2S. The maximum atomic E-state index is 13.2. The lowest BCUT2D eigenvalue weighted by Gasteiger charge is -2.10. The fourth-order valence-corrected chi connectivity index (χ4v) is 4.28. The molecule has 0 radical (unpaired) electrons. The monoisotopic (exact) mass is 297 g/mol. The summed E-state index contributed by atoms with van der Waals surface area (Å²) in [5.74, 6) is 0.899. The number of halogens is 1. The largest absolute Gasteiger partial charge is 0.330 e. The Balaban J connectivity index is 1.76. The first kappa shape index (κ1) is 13.5. The molecule has 1 fully saturated rings. The van der Waals surface area contributed by atoms with Gasteiger partial charge in [0.25, 0.3) is 0 Å². The summed E-state index contributed by atoms with van der Waals surface area (Å²) in [5, 5.41) is 3.21. The Morgan fingerprint density at radius 3 is 3.00 bits per heavy atom. The van der Waals surface area contributed by atoms with Crippen molar-refractivity contribution >= 4 is 20.9 Å². The van der Waals surface area contributed by atoms with Crippen LogP contribution in [0.5, 0.6) is 0 Å². The SMILES string of the molecule is Cn1c(CNC2CCS(=O)(=O)C2)nc2cc(F)ccc21. The first-order valence-electron chi connectivity index (χ1n) is 6.49. The van der Waals surface area contributed by atoms with Gasteiger partial charge in [-0.15, -0.1) is 0 Å². The highest BCUT2D eigenvalue weighted by Gasteiger charge is 2.27. The molecule has 1 aromatic carbocycles. The predicted molar refractivity (Wildman–Crippen MR) is 74.6 cm³/mol. The summed E-state index contributed by atoms with van der Waals surface area (Å²) < 4.78 is 37.8. The van der Waals surface area contributed by atoms with Crippen molar-refractivity contribution in [3.8, 4) is 0 Å². The second kappa shape index (κ2) is 4.82. The molecule has 20 heavy (non-hydrogen) atoms. The van der Waals surface area contributed by atoms with Crippen LogP contribution in [0.3, 0.4) is 0 Å². The predicted octanol–water partition coefficient (Wildman–Crippen LogP) is 0.989. The second-order valence-corrected chi connectivity index (χ2v) is 7.43. The molecule has 5 nitrogen and oxygen atoms in total. The van der Waals surface area contributed by atoms with Crippen LogP contribution in [0.2, 0.25) is 0 Å². The van der Waals surface area contributed by atoms with Gasteiger partial charge in [0, 0.05) is 19.2 Å². The highest BCUT2D eigenvalue weighted by Crippen LogP contribution is 2.17. The number of aromatic nitrogens is 2. The van der Waals surface area contributed by atoms with Crippen molar-refractivity contribution in [2.24, 2.45) is 7.05 Å². The van der Waals surface area contributed by atoms with Crippen molar-refractivity contribution in [1.82, 2.24) is 14.9 Å². The smallest absolute Gasteiger partial charge is 0.151 e. The van der Waals surface area contributed by atoms with Gasteiger partial charge >= 0.3 is 0 Å². The van der Waals surface area contributed by atoms with Gasteiger partial charge in [0.05, 0.1) is 29.1 Å². The summed E-state index contributed by atoms with van der Waals surface area (Å²) >= 11 is 0. The quantitative estimate of drug-likeness (QED) is 0.917. The number of benzene rings is 1. The van der Waals surface area contributed by atoms with Crippen molar-refractivity contribution in [2.75, 3.05) is 11.5 Å². The van der Waals surface area contributed by atoms with Crippen LogP contribution in [0.15, 0.2) is 18.2 Å². The van der Waals surface area contributed by atoms with Crippen LogP contribution in [0, 0.1) is 5.82 Å². The minimum atomic E-state index is -2.88. The molecule has 2 aromatic rings. The standard InChI is InChI=1S/C13H16FN3O2S/c1-17-12-3-2-9(14)6-11(12)16-13(17)7-15-10-4-5-20(18,19)8-10/h2-3,6,10,15H,4-5,7-8H2,1H3. The molecule has 3 rings (SSSR count). The molecule has 0 aliphatic carbocycles. The minimum absolute atomic E-state index is 0.0171. The molecule has 0 amide bonds. The van der Waals surface area contributed by atoms with E-state index >= 15 is 0 Å². The average Bonchev–Trinajstić information content (AvgIpc) is 2.87. The van der Waals surface area contributed by atoms with Crippen LogP contribution in [0.25, 0.3) is 11.0 Å². The van der Waals surface area contributed by atoms with Crippen molar-refractivity contribution in [1.29, 1.82) is 0 Å². The van der Waals surface area contributed by atoms with E-state index in [1.165, 1.54) is 12.1 Å². The van der Waals surface area contributed by atoms with E-state index in [2.05, 4.69) is 10.3 Å². The number of fused-ring (bicyclic) bond motifs is 1. The van der Waals surface area contributed by atoms with E-state index in [0.29, 0.717) is 18.5 Å². The molecule has 0 spiro atoms. The summed E-state index contributed by atoms with van der Waals surface area (Å²) in [6.07, 6.45) is 0.640. The van der Waals surface area contributed by atoms with Crippen LogP contribution in [-0.4, -0.2) is 35.5 Å². The van der Waals surface area contributed by atoms with Crippen LogP contribution < -0.4 is 5.32 Å². The lowest BCUT2D eigenvalue weighted by molar-refractivity contribution is 0.535. The molecule has 1 aromatic heterocycles. The first-order valence-corrected chi connectivity index (χ1v) is 8.31. The summed E-state index contributed by atoms with van der Waals surface area (Å²) in [6, 6.07) is 4.49. The minimum Gasteiger partial charge on any atom is -0.330 e. The zero-order valence-corrected chi connectivity index (χ0v) is 12.0. The number of hydrogen-bond donors (Lipinski definition) is 1. The Labute approximate surface area is 116 Å². The Morgan fingerprint density at radius 1 is 1.50 bits per heavy atom.